The number of hydrogen-bond donors (Lipinski definition) is 2. The van der Waals surface area contributed by atoms with Crippen LogP contribution in [0.2, 0.25) is 5.15 Å². The van der Waals surface area contributed by atoms with Crippen molar-refractivity contribution in [2.45, 2.75) is 11.8 Å². The summed E-state index contributed by atoms with van der Waals surface area (Å²) in [5.41, 5.74) is 0.516. The van der Waals surface area contributed by atoms with Crippen LogP contribution in [0.5, 0.6) is 0 Å². The molecule has 2 N–H and O–H groups in total. The first-order valence-corrected chi connectivity index (χ1v) is 7.76. The van der Waals surface area contributed by atoms with Gasteiger partial charge in [-0.05, 0) is 36.4 Å². The Morgan fingerprint density at radius 3 is 2.38 bits per heavy atom. The molecule has 0 spiro atoms. The van der Waals surface area contributed by atoms with E-state index in [2.05, 4.69) is 15.0 Å². The van der Waals surface area contributed by atoms with Gasteiger partial charge in [0.15, 0.2) is 0 Å². The van der Waals surface area contributed by atoms with Crippen LogP contribution in [0, 0.1) is 0 Å². The van der Waals surface area contributed by atoms with Gasteiger partial charge in [-0.15, -0.1) is 0 Å². The van der Waals surface area contributed by atoms with Crippen LogP contribution in [0.3, 0.4) is 0 Å². The van der Waals surface area contributed by atoms with Gasteiger partial charge in [0.1, 0.15) is 11.0 Å². The smallest absolute Gasteiger partial charge is 0.263 e. The van der Waals surface area contributed by atoms with Crippen molar-refractivity contribution in [2.75, 3.05) is 10.0 Å². The van der Waals surface area contributed by atoms with Crippen molar-refractivity contribution in [3.05, 3.63) is 47.6 Å². The van der Waals surface area contributed by atoms with Gasteiger partial charge in [0, 0.05) is 12.6 Å². The van der Waals surface area contributed by atoms with Gasteiger partial charge in [-0.2, -0.15) is 0 Å². The van der Waals surface area contributed by atoms with E-state index >= 15 is 0 Å². The summed E-state index contributed by atoms with van der Waals surface area (Å²) in [6, 6.07) is 10.4. The normalized spacial score (nSPS) is 11.0. The minimum atomic E-state index is -3.76. The fourth-order valence-corrected chi connectivity index (χ4v) is 2.75. The molecule has 1 aromatic carbocycles. The van der Waals surface area contributed by atoms with Gasteiger partial charge in [0.25, 0.3) is 10.0 Å². The summed E-state index contributed by atoms with van der Waals surface area (Å²) < 4.78 is 26.7. The second-order valence-electron chi connectivity index (χ2n) is 4.16. The largest absolute Gasteiger partial charge is 0.326 e. The third-order valence-corrected chi connectivity index (χ3v) is 4.02. The molecule has 0 aliphatic heterocycles. The Balaban J connectivity index is 2.21. The molecule has 0 aliphatic rings. The van der Waals surface area contributed by atoms with Crippen LogP contribution in [0.15, 0.2) is 47.4 Å². The lowest BCUT2D eigenvalue weighted by Gasteiger charge is -2.08. The topological polar surface area (TPSA) is 88.2 Å². The molecule has 0 fully saturated rings. The first kappa shape index (κ1) is 15.3. The maximum absolute atomic E-state index is 12.2. The first-order valence-electron chi connectivity index (χ1n) is 5.90. The third kappa shape index (κ3) is 4.17. The van der Waals surface area contributed by atoms with Crippen molar-refractivity contribution in [1.82, 2.24) is 4.98 Å². The van der Waals surface area contributed by atoms with E-state index in [9.17, 15) is 13.2 Å². The van der Waals surface area contributed by atoms with Crippen LogP contribution in [0.4, 0.5) is 11.5 Å². The third-order valence-electron chi connectivity index (χ3n) is 2.44. The zero-order valence-corrected chi connectivity index (χ0v) is 12.6. The number of nitrogens with zero attached hydrogens (tertiary/aromatic N) is 1. The summed E-state index contributed by atoms with van der Waals surface area (Å²) in [7, 11) is -3.76. The van der Waals surface area contributed by atoms with Gasteiger partial charge in [0.05, 0.1) is 4.90 Å². The second-order valence-corrected chi connectivity index (χ2v) is 6.23. The van der Waals surface area contributed by atoms with Gasteiger partial charge in [-0.1, -0.05) is 17.7 Å². The van der Waals surface area contributed by atoms with E-state index in [4.69, 9.17) is 11.6 Å². The fourth-order valence-electron chi connectivity index (χ4n) is 1.58. The highest BCUT2D eigenvalue weighted by Crippen LogP contribution is 2.18. The lowest BCUT2D eigenvalue weighted by Crippen LogP contribution is -2.14. The van der Waals surface area contributed by atoms with Crippen LogP contribution in [0.25, 0.3) is 0 Å². The Hall–Kier alpha value is -2.12. The summed E-state index contributed by atoms with van der Waals surface area (Å²) in [6.07, 6.45) is 0. The monoisotopic (exact) mass is 325 g/mol. The lowest BCUT2D eigenvalue weighted by molar-refractivity contribution is -0.114. The van der Waals surface area contributed by atoms with Crippen LogP contribution >= 0.6 is 11.6 Å². The molecule has 0 unspecified atom stereocenters. The average molecular weight is 326 g/mol. The average Bonchev–Trinajstić information content (AvgIpc) is 2.38. The van der Waals surface area contributed by atoms with Crippen molar-refractivity contribution < 1.29 is 13.2 Å². The number of pyridine rings is 1. The molecule has 0 aliphatic carbocycles. The molecular weight excluding hydrogens is 314 g/mol. The van der Waals surface area contributed by atoms with E-state index in [1.54, 1.807) is 12.1 Å². The Bertz CT molecular complexity index is 760. The van der Waals surface area contributed by atoms with E-state index in [1.165, 1.54) is 37.3 Å². The highest BCUT2D eigenvalue weighted by molar-refractivity contribution is 7.92. The van der Waals surface area contributed by atoms with Gasteiger partial charge in [-0.25, -0.2) is 13.4 Å². The number of nitrogens with one attached hydrogen (secondary N) is 2. The highest BCUT2D eigenvalue weighted by atomic mass is 35.5. The van der Waals surface area contributed by atoms with E-state index in [0.29, 0.717) is 5.69 Å². The summed E-state index contributed by atoms with van der Waals surface area (Å²) >= 11 is 5.70. The molecule has 1 aromatic heterocycles. The maximum atomic E-state index is 12.2. The van der Waals surface area contributed by atoms with Gasteiger partial charge < -0.3 is 5.32 Å². The summed E-state index contributed by atoms with van der Waals surface area (Å²) in [6.45, 7) is 1.37. The summed E-state index contributed by atoms with van der Waals surface area (Å²) in [4.78, 5) is 14.8. The van der Waals surface area contributed by atoms with E-state index in [-0.39, 0.29) is 21.8 Å². The minimum absolute atomic E-state index is 0.0541. The van der Waals surface area contributed by atoms with Crippen LogP contribution < -0.4 is 10.0 Å². The number of sulfonamides is 1. The maximum Gasteiger partial charge on any atom is 0.263 e. The molecule has 0 atom stereocenters. The highest BCUT2D eigenvalue weighted by Gasteiger charge is 2.14. The van der Waals surface area contributed by atoms with Gasteiger partial charge in [0.2, 0.25) is 5.91 Å². The zero-order chi connectivity index (χ0) is 15.5. The molecule has 1 amide bonds. The van der Waals surface area contributed by atoms with Crippen molar-refractivity contribution >= 4 is 39.0 Å². The number of carbonyl (C=O) groups excluding carboxylic acids is 1. The first-order chi connectivity index (χ1) is 9.87. The summed E-state index contributed by atoms with van der Waals surface area (Å²) in [5.74, 6) is -0.0969. The molecule has 2 rings (SSSR count). The number of anilines is 2. The molecule has 0 radical (unpaired) electrons. The number of rotatable bonds is 4. The number of hydrogen-bond acceptors (Lipinski definition) is 4. The number of amides is 1. The van der Waals surface area contributed by atoms with E-state index in [1.807, 2.05) is 0 Å². The standard InChI is InChI=1S/C13H12ClN3O3S/c1-9(18)15-10-5-7-11(8-6-10)21(19,20)17-13-4-2-3-12(14)16-13/h2-8H,1H3,(H,15,18)(H,16,17). The van der Waals surface area contributed by atoms with Crippen LogP contribution in [-0.4, -0.2) is 19.3 Å². The number of carbonyl (C=O) groups is 1. The fraction of sp³-hybridized carbons (Fsp3) is 0.0769. The Kier molecular flexibility index (Phi) is 4.44. The SMILES string of the molecule is CC(=O)Nc1ccc(S(=O)(=O)Nc2cccc(Cl)n2)cc1. The van der Waals surface area contributed by atoms with Crippen LogP contribution in [0.1, 0.15) is 6.92 Å². The minimum Gasteiger partial charge on any atom is -0.326 e. The Labute approximate surface area is 127 Å². The molecule has 6 nitrogen and oxygen atoms in total. The Morgan fingerprint density at radius 2 is 1.81 bits per heavy atom. The van der Waals surface area contributed by atoms with Crippen molar-refractivity contribution in [1.29, 1.82) is 0 Å². The molecular formula is C13H12ClN3O3S. The second kappa shape index (κ2) is 6.11. The molecule has 8 heteroatoms. The molecule has 0 bridgehead atoms. The number of benzene rings is 1. The molecule has 2 aromatic rings. The summed E-state index contributed by atoms with van der Waals surface area (Å²) in [5, 5.41) is 2.75. The van der Waals surface area contributed by atoms with E-state index < -0.39 is 10.0 Å². The lowest BCUT2D eigenvalue weighted by atomic mass is 10.3. The van der Waals surface area contributed by atoms with Crippen molar-refractivity contribution in [3.63, 3.8) is 0 Å². The van der Waals surface area contributed by atoms with Crippen LogP contribution in [-0.2, 0) is 14.8 Å². The van der Waals surface area contributed by atoms with E-state index in [0.717, 1.165) is 0 Å². The predicted molar refractivity (Wildman–Crippen MR) is 80.8 cm³/mol. The molecule has 0 saturated heterocycles. The number of aromatic nitrogens is 1. The van der Waals surface area contributed by atoms with Gasteiger partial charge in [-0.3, -0.25) is 9.52 Å². The molecule has 21 heavy (non-hydrogen) atoms. The molecule has 110 valence electrons. The predicted octanol–water partition coefficient (Wildman–Crippen LogP) is 2.49. The number of halogens is 1. The van der Waals surface area contributed by atoms with Crippen molar-refractivity contribution in [3.8, 4) is 0 Å². The molecule has 1 heterocycles. The van der Waals surface area contributed by atoms with Crippen molar-refractivity contribution in [2.24, 2.45) is 0 Å². The molecule has 0 saturated carbocycles. The zero-order valence-electron chi connectivity index (χ0n) is 11.0. The van der Waals surface area contributed by atoms with Gasteiger partial charge >= 0.3 is 0 Å². The quantitative estimate of drug-likeness (QED) is 0.845. The Morgan fingerprint density at radius 1 is 1.14 bits per heavy atom.